The molecule has 19 heavy (non-hydrogen) atoms. The van der Waals surface area contributed by atoms with Crippen LogP contribution >= 0.6 is 28.3 Å². The maximum atomic E-state index is 13.9. The molecule has 2 aromatic rings. The first-order valence-corrected chi connectivity index (χ1v) is 6.81. The van der Waals surface area contributed by atoms with Gasteiger partial charge in [0.2, 0.25) is 0 Å². The van der Waals surface area contributed by atoms with E-state index in [1.54, 1.807) is 6.07 Å². The Morgan fingerprint density at radius 3 is 2.68 bits per heavy atom. The first-order valence-electron chi connectivity index (χ1n) is 6.02. The number of rotatable bonds is 1. The molecule has 3 rings (SSSR count). The number of hydrogen-bond acceptors (Lipinski definition) is 1. The highest BCUT2D eigenvalue weighted by Crippen LogP contribution is 2.31. The van der Waals surface area contributed by atoms with E-state index in [4.69, 9.17) is 0 Å². The molecule has 1 N–H and O–H groups in total. The van der Waals surface area contributed by atoms with Gasteiger partial charge in [-0.3, -0.25) is 0 Å². The van der Waals surface area contributed by atoms with Gasteiger partial charge in [0.15, 0.2) is 0 Å². The number of halogens is 3. The van der Waals surface area contributed by atoms with Crippen LogP contribution in [0.1, 0.15) is 22.7 Å². The lowest BCUT2D eigenvalue weighted by atomic mass is 9.90. The summed E-state index contributed by atoms with van der Waals surface area (Å²) < 4.78 is 15.0. The Morgan fingerprint density at radius 1 is 1.11 bits per heavy atom. The normalized spacial score (nSPS) is 17.5. The van der Waals surface area contributed by atoms with Gasteiger partial charge in [-0.1, -0.05) is 40.2 Å². The molecule has 2 aromatic carbocycles. The molecule has 4 heteroatoms. The van der Waals surface area contributed by atoms with Gasteiger partial charge in [-0.15, -0.1) is 12.4 Å². The molecule has 0 aromatic heterocycles. The predicted molar refractivity (Wildman–Crippen MR) is 81.3 cm³/mol. The summed E-state index contributed by atoms with van der Waals surface area (Å²) in [4.78, 5) is 0. The fraction of sp³-hybridized carbons (Fsp3) is 0.200. The van der Waals surface area contributed by atoms with Crippen molar-refractivity contribution >= 4 is 28.3 Å². The summed E-state index contributed by atoms with van der Waals surface area (Å²) in [5, 5.41) is 3.40. The van der Waals surface area contributed by atoms with Gasteiger partial charge in [0.25, 0.3) is 0 Å². The highest BCUT2D eigenvalue weighted by Gasteiger charge is 2.23. The second kappa shape index (κ2) is 6.04. The second-order valence-electron chi connectivity index (χ2n) is 4.50. The summed E-state index contributed by atoms with van der Waals surface area (Å²) in [7, 11) is 0. The van der Waals surface area contributed by atoms with Gasteiger partial charge < -0.3 is 5.32 Å². The van der Waals surface area contributed by atoms with Gasteiger partial charge in [0, 0.05) is 16.6 Å². The van der Waals surface area contributed by atoms with Crippen molar-refractivity contribution in [3.05, 3.63) is 69.4 Å². The summed E-state index contributed by atoms with van der Waals surface area (Å²) in [5.41, 5.74) is 3.18. The molecule has 1 nitrogen and oxygen atoms in total. The van der Waals surface area contributed by atoms with Crippen molar-refractivity contribution in [1.82, 2.24) is 5.32 Å². The van der Waals surface area contributed by atoms with Crippen molar-refractivity contribution < 1.29 is 4.39 Å². The third-order valence-electron chi connectivity index (χ3n) is 3.38. The SMILES string of the molecule is Cl.Fc1ccccc1C1NCCc2ccc(Br)cc21. The standard InChI is InChI=1S/C15H13BrFN.ClH/c16-11-6-5-10-7-8-18-15(13(10)9-11)12-3-1-2-4-14(12)17;/h1-6,9,15,18H,7-8H2;1H. The van der Waals surface area contributed by atoms with Gasteiger partial charge >= 0.3 is 0 Å². The highest BCUT2D eigenvalue weighted by atomic mass is 79.9. The number of nitrogens with one attached hydrogen (secondary N) is 1. The maximum Gasteiger partial charge on any atom is 0.128 e. The Hall–Kier alpha value is -0.900. The Bertz CT molecular complexity index is 588. The molecule has 0 aliphatic carbocycles. The molecule has 1 aliphatic rings. The van der Waals surface area contributed by atoms with Crippen molar-refractivity contribution in [1.29, 1.82) is 0 Å². The summed E-state index contributed by atoms with van der Waals surface area (Å²) in [6.45, 7) is 0.883. The van der Waals surface area contributed by atoms with E-state index in [0.29, 0.717) is 0 Å². The largest absolute Gasteiger partial charge is 0.306 e. The summed E-state index contributed by atoms with van der Waals surface area (Å²) in [6.07, 6.45) is 0.994. The van der Waals surface area contributed by atoms with Crippen molar-refractivity contribution in [3.63, 3.8) is 0 Å². The first kappa shape index (κ1) is 14.5. The Labute approximate surface area is 126 Å². The lowest BCUT2D eigenvalue weighted by Gasteiger charge is -2.27. The van der Waals surface area contributed by atoms with Crippen LogP contribution in [-0.4, -0.2) is 6.54 Å². The minimum Gasteiger partial charge on any atom is -0.306 e. The predicted octanol–water partition coefficient (Wildman–Crippen LogP) is 4.25. The van der Waals surface area contributed by atoms with Crippen molar-refractivity contribution in [2.24, 2.45) is 0 Å². The van der Waals surface area contributed by atoms with Crippen LogP contribution < -0.4 is 5.32 Å². The molecule has 0 saturated heterocycles. The van der Waals surface area contributed by atoms with Crippen LogP contribution in [0.4, 0.5) is 4.39 Å². The molecule has 0 saturated carbocycles. The Morgan fingerprint density at radius 2 is 1.89 bits per heavy atom. The van der Waals surface area contributed by atoms with Crippen LogP contribution in [0.3, 0.4) is 0 Å². The van der Waals surface area contributed by atoms with Crippen molar-refractivity contribution in [3.8, 4) is 0 Å². The summed E-state index contributed by atoms with van der Waals surface area (Å²) in [6, 6.07) is 13.2. The number of benzene rings is 2. The minimum atomic E-state index is -0.150. The van der Waals surface area contributed by atoms with Crippen LogP contribution in [0.5, 0.6) is 0 Å². The molecule has 0 radical (unpaired) electrons. The van der Waals surface area contributed by atoms with Crippen molar-refractivity contribution in [2.45, 2.75) is 12.5 Å². The van der Waals surface area contributed by atoms with Crippen LogP contribution in [0, 0.1) is 5.82 Å². The lowest BCUT2D eigenvalue weighted by Crippen LogP contribution is -2.31. The average Bonchev–Trinajstić information content (AvgIpc) is 2.39. The third kappa shape index (κ3) is 2.83. The van der Waals surface area contributed by atoms with E-state index in [2.05, 4.69) is 33.4 Å². The molecule has 1 atom stereocenters. The van der Waals surface area contributed by atoms with Crippen LogP contribution in [0.25, 0.3) is 0 Å². The lowest BCUT2D eigenvalue weighted by molar-refractivity contribution is 0.528. The van der Waals surface area contributed by atoms with Gasteiger partial charge in [0.1, 0.15) is 5.82 Å². The van der Waals surface area contributed by atoms with E-state index in [0.717, 1.165) is 23.0 Å². The molecule has 0 bridgehead atoms. The van der Waals surface area contributed by atoms with Crippen LogP contribution in [0.15, 0.2) is 46.9 Å². The van der Waals surface area contributed by atoms with Gasteiger partial charge in [-0.2, -0.15) is 0 Å². The topological polar surface area (TPSA) is 12.0 Å². The van der Waals surface area contributed by atoms with E-state index < -0.39 is 0 Å². The maximum absolute atomic E-state index is 13.9. The summed E-state index contributed by atoms with van der Waals surface area (Å²) in [5.74, 6) is -0.150. The minimum absolute atomic E-state index is 0. The molecule has 0 amide bonds. The molecule has 1 heterocycles. The van der Waals surface area contributed by atoms with Crippen LogP contribution in [-0.2, 0) is 6.42 Å². The Balaban J connectivity index is 0.00000133. The Kier molecular flexibility index (Phi) is 4.61. The summed E-state index contributed by atoms with van der Waals surface area (Å²) >= 11 is 3.49. The second-order valence-corrected chi connectivity index (χ2v) is 5.42. The zero-order valence-electron chi connectivity index (χ0n) is 10.2. The molecule has 0 fully saturated rings. The van der Waals surface area contributed by atoms with E-state index in [1.165, 1.54) is 17.2 Å². The zero-order chi connectivity index (χ0) is 12.5. The first-order chi connectivity index (χ1) is 8.75. The molecular formula is C15H14BrClFN. The van der Waals surface area contributed by atoms with Gasteiger partial charge in [-0.25, -0.2) is 4.39 Å². The molecule has 0 spiro atoms. The van der Waals surface area contributed by atoms with E-state index in [1.807, 2.05) is 18.2 Å². The number of hydrogen-bond donors (Lipinski definition) is 1. The molecule has 100 valence electrons. The zero-order valence-corrected chi connectivity index (χ0v) is 12.6. The fourth-order valence-corrected chi connectivity index (χ4v) is 2.89. The molecular weight excluding hydrogens is 329 g/mol. The third-order valence-corrected chi connectivity index (χ3v) is 3.87. The fourth-order valence-electron chi connectivity index (χ4n) is 2.51. The van der Waals surface area contributed by atoms with E-state index >= 15 is 0 Å². The van der Waals surface area contributed by atoms with Gasteiger partial charge in [0.05, 0.1) is 6.04 Å². The van der Waals surface area contributed by atoms with Gasteiger partial charge in [-0.05, 0) is 35.7 Å². The average molecular weight is 343 g/mol. The smallest absolute Gasteiger partial charge is 0.128 e. The molecule has 1 unspecified atom stereocenters. The van der Waals surface area contributed by atoms with E-state index in [-0.39, 0.29) is 24.3 Å². The van der Waals surface area contributed by atoms with Crippen molar-refractivity contribution in [2.75, 3.05) is 6.54 Å². The monoisotopic (exact) mass is 341 g/mol. The molecule has 1 aliphatic heterocycles. The highest BCUT2D eigenvalue weighted by molar-refractivity contribution is 9.10. The van der Waals surface area contributed by atoms with E-state index in [9.17, 15) is 4.39 Å². The van der Waals surface area contributed by atoms with Crippen LogP contribution in [0.2, 0.25) is 0 Å². The number of fused-ring (bicyclic) bond motifs is 1. The quantitative estimate of drug-likeness (QED) is 0.817.